The zero-order chi connectivity index (χ0) is 23.0. The summed E-state index contributed by atoms with van der Waals surface area (Å²) in [5, 5.41) is 11.7. The number of nitrogens with zero attached hydrogens (tertiary/aromatic N) is 1. The van der Waals surface area contributed by atoms with Crippen LogP contribution in [-0.2, 0) is 9.59 Å². The summed E-state index contributed by atoms with van der Waals surface area (Å²) >= 11 is 5.86. The summed E-state index contributed by atoms with van der Waals surface area (Å²) < 4.78 is 5.76. The monoisotopic (exact) mass is 450 g/mol. The summed E-state index contributed by atoms with van der Waals surface area (Å²) in [7, 11) is 0. The molecular weight excluding hydrogens is 436 g/mol. The van der Waals surface area contributed by atoms with Crippen LogP contribution in [0.3, 0.4) is 0 Å². The second kappa shape index (κ2) is 8.16. The third kappa shape index (κ3) is 3.91. The van der Waals surface area contributed by atoms with Gasteiger partial charge in [0.15, 0.2) is 0 Å². The fourth-order valence-corrected chi connectivity index (χ4v) is 3.40. The minimum absolute atomic E-state index is 0.150. The molecular formula is C23H15ClN2O6. The Morgan fingerprint density at radius 1 is 1.06 bits per heavy atom. The fourth-order valence-electron chi connectivity index (χ4n) is 3.27. The van der Waals surface area contributed by atoms with E-state index in [1.807, 2.05) is 0 Å². The van der Waals surface area contributed by atoms with Gasteiger partial charge in [-0.2, -0.15) is 0 Å². The second-order valence-corrected chi connectivity index (χ2v) is 7.41. The number of halogens is 1. The van der Waals surface area contributed by atoms with Crippen molar-refractivity contribution in [1.82, 2.24) is 5.32 Å². The zero-order valence-electron chi connectivity index (χ0n) is 16.6. The number of benzene rings is 2. The van der Waals surface area contributed by atoms with Crippen molar-refractivity contribution < 1.29 is 28.7 Å². The van der Waals surface area contributed by atoms with Crippen LogP contribution in [0.25, 0.3) is 17.4 Å². The van der Waals surface area contributed by atoms with Gasteiger partial charge in [0.25, 0.3) is 11.8 Å². The Hall–Kier alpha value is -4.17. The van der Waals surface area contributed by atoms with Gasteiger partial charge in [-0.15, -0.1) is 0 Å². The van der Waals surface area contributed by atoms with Crippen molar-refractivity contribution in [2.75, 3.05) is 4.90 Å². The molecule has 1 aliphatic heterocycles. The summed E-state index contributed by atoms with van der Waals surface area (Å²) in [5.41, 5.74) is 1.47. The van der Waals surface area contributed by atoms with Gasteiger partial charge < -0.3 is 9.52 Å². The van der Waals surface area contributed by atoms with Gasteiger partial charge in [0.1, 0.15) is 17.1 Å². The van der Waals surface area contributed by atoms with Crippen molar-refractivity contribution in [3.8, 4) is 11.3 Å². The predicted octanol–water partition coefficient (Wildman–Crippen LogP) is 4.27. The van der Waals surface area contributed by atoms with Gasteiger partial charge in [0, 0.05) is 10.6 Å². The number of carbonyl (C=O) groups is 4. The van der Waals surface area contributed by atoms with E-state index in [1.54, 1.807) is 25.1 Å². The molecule has 0 saturated carbocycles. The number of nitrogens with one attached hydrogen (secondary N) is 1. The average Bonchev–Trinajstić information content (AvgIpc) is 3.20. The molecule has 0 radical (unpaired) electrons. The first-order valence-electron chi connectivity index (χ1n) is 9.36. The van der Waals surface area contributed by atoms with E-state index in [-0.39, 0.29) is 22.6 Å². The van der Waals surface area contributed by atoms with Crippen LogP contribution >= 0.6 is 11.6 Å². The summed E-state index contributed by atoms with van der Waals surface area (Å²) in [4.78, 5) is 49.4. The molecule has 2 N–H and O–H groups in total. The van der Waals surface area contributed by atoms with Gasteiger partial charge in [-0.05, 0) is 67.1 Å². The number of anilines is 1. The summed E-state index contributed by atoms with van der Waals surface area (Å²) in [6.07, 6.45) is 1.25. The highest BCUT2D eigenvalue weighted by Crippen LogP contribution is 2.28. The number of aromatic carboxylic acids is 1. The van der Waals surface area contributed by atoms with E-state index in [0.29, 0.717) is 21.9 Å². The first kappa shape index (κ1) is 21.1. The molecule has 0 aliphatic carbocycles. The van der Waals surface area contributed by atoms with Gasteiger partial charge >= 0.3 is 12.0 Å². The van der Waals surface area contributed by atoms with Crippen molar-refractivity contribution in [1.29, 1.82) is 0 Å². The third-order valence-corrected chi connectivity index (χ3v) is 5.09. The zero-order valence-corrected chi connectivity index (χ0v) is 17.3. The second-order valence-electron chi connectivity index (χ2n) is 6.97. The maximum atomic E-state index is 12.9. The van der Waals surface area contributed by atoms with E-state index >= 15 is 0 Å². The van der Waals surface area contributed by atoms with Crippen LogP contribution in [0.4, 0.5) is 10.5 Å². The van der Waals surface area contributed by atoms with Crippen molar-refractivity contribution in [2.24, 2.45) is 0 Å². The van der Waals surface area contributed by atoms with Crippen LogP contribution in [0, 0.1) is 6.92 Å². The maximum Gasteiger partial charge on any atom is 0.335 e. The summed E-state index contributed by atoms with van der Waals surface area (Å²) in [5.74, 6) is -2.04. The normalized spacial score (nSPS) is 15.2. The molecule has 8 nitrogen and oxygen atoms in total. The molecule has 2 heterocycles. The van der Waals surface area contributed by atoms with Crippen molar-refractivity contribution in [3.05, 3.63) is 82.1 Å². The van der Waals surface area contributed by atoms with Crippen molar-refractivity contribution >= 4 is 47.2 Å². The van der Waals surface area contributed by atoms with Gasteiger partial charge in [-0.3, -0.25) is 14.9 Å². The highest BCUT2D eigenvalue weighted by atomic mass is 35.5. The molecule has 0 bridgehead atoms. The van der Waals surface area contributed by atoms with Gasteiger partial charge in [0.2, 0.25) is 0 Å². The standard InChI is InChI=1S/C23H15ClN2O6/c1-12-10-13(22(29)30)2-8-17(12)19-9-7-16(32-19)11-18-20(27)25-23(31)26(21(18)28)15-5-3-14(24)4-6-15/h2-11H,1H3,(H,29,30)(H,25,27,31)/b18-11+. The summed E-state index contributed by atoms with van der Waals surface area (Å²) in [6.45, 7) is 1.75. The van der Waals surface area contributed by atoms with E-state index in [9.17, 15) is 19.2 Å². The molecule has 0 unspecified atom stereocenters. The topological polar surface area (TPSA) is 117 Å². The molecule has 160 valence electrons. The number of carboxylic acid groups (broad SMARTS) is 1. The van der Waals surface area contributed by atoms with E-state index in [2.05, 4.69) is 5.32 Å². The number of urea groups is 1. The number of amides is 4. The lowest BCUT2D eigenvalue weighted by Crippen LogP contribution is -2.54. The molecule has 1 aromatic heterocycles. The van der Waals surface area contributed by atoms with Crippen LogP contribution in [0.15, 0.2) is 64.6 Å². The number of carbonyl (C=O) groups excluding carboxylic acids is 3. The molecule has 4 amide bonds. The number of barbiturate groups is 1. The lowest BCUT2D eigenvalue weighted by Gasteiger charge is -2.26. The number of furan rings is 1. The molecule has 4 rings (SSSR count). The van der Waals surface area contributed by atoms with Gasteiger partial charge in [0.05, 0.1) is 11.3 Å². The van der Waals surface area contributed by atoms with E-state index in [1.165, 1.54) is 42.5 Å². The van der Waals surface area contributed by atoms with Crippen molar-refractivity contribution in [2.45, 2.75) is 6.92 Å². The largest absolute Gasteiger partial charge is 0.478 e. The predicted molar refractivity (Wildman–Crippen MR) is 116 cm³/mol. The minimum Gasteiger partial charge on any atom is -0.478 e. The Bertz CT molecular complexity index is 1310. The minimum atomic E-state index is -1.04. The molecule has 1 aliphatic rings. The highest BCUT2D eigenvalue weighted by Gasteiger charge is 2.37. The maximum absolute atomic E-state index is 12.9. The van der Waals surface area contributed by atoms with Crippen LogP contribution in [-0.4, -0.2) is 28.9 Å². The molecule has 2 aromatic carbocycles. The smallest absolute Gasteiger partial charge is 0.335 e. The molecule has 0 spiro atoms. The average molecular weight is 451 g/mol. The Labute approximate surface area is 186 Å². The first-order valence-corrected chi connectivity index (χ1v) is 9.73. The Morgan fingerprint density at radius 3 is 2.44 bits per heavy atom. The molecule has 3 aromatic rings. The van der Waals surface area contributed by atoms with Gasteiger partial charge in [-0.25, -0.2) is 14.5 Å². The lowest BCUT2D eigenvalue weighted by molar-refractivity contribution is -0.122. The van der Waals surface area contributed by atoms with Crippen LogP contribution in [0.5, 0.6) is 0 Å². The number of carboxylic acids is 1. The molecule has 32 heavy (non-hydrogen) atoms. The van der Waals surface area contributed by atoms with E-state index < -0.39 is 23.8 Å². The number of imide groups is 2. The Balaban J connectivity index is 1.66. The summed E-state index contributed by atoms with van der Waals surface area (Å²) in [6, 6.07) is 13.0. The fraction of sp³-hybridized carbons (Fsp3) is 0.0435. The Morgan fingerprint density at radius 2 is 1.78 bits per heavy atom. The van der Waals surface area contributed by atoms with Crippen LogP contribution in [0.1, 0.15) is 21.7 Å². The van der Waals surface area contributed by atoms with Crippen LogP contribution in [0.2, 0.25) is 5.02 Å². The van der Waals surface area contributed by atoms with E-state index in [4.69, 9.17) is 21.1 Å². The van der Waals surface area contributed by atoms with E-state index in [0.717, 1.165) is 4.90 Å². The first-order chi connectivity index (χ1) is 15.2. The number of rotatable bonds is 4. The van der Waals surface area contributed by atoms with Crippen LogP contribution < -0.4 is 10.2 Å². The quantitative estimate of drug-likeness (QED) is 0.452. The molecule has 1 saturated heterocycles. The Kier molecular flexibility index (Phi) is 5.38. The van der Waals surface area contributed by atoms with Gasteiger partial charge in [-0.1, -0.05) is 17.7 Å². The SMILES string of the molecule is Cc1cc(C(=O)O)ccc1-c1ccc(/C=C2\C(=O)NC(=O)N(c3ccc(Cl)cc3)C2=O)o1. The van der Waals surface area contributed by atoms with Crippen molar-refractivity contribution in [3.63, 3.8) is 0 Å². The number of aryl methyl sites for hydroxylation is 1. The third-order valence-electron chi connectivity index (χ3n) is 4.84. The molecule has 9 heteroatoms. The molecule has 0 atom stereocenters. The number of hydrogen-bond donors (Lipinski definition) is 2. The molecule has 1 fully saturated rings. The lowest BCUT2D eigenvalue weighted by atomic mass is 10.0. The highest BCUT2D eigenvalue weighted by molar-refractivity contribution is 6.39. The number of hydrogen-bond acceptors (Lipinski definition) is 5.